The Labute approximate surface area is 391 Å². The number of rotatable bonds is 10. The van der Waals surface area contributed by atoms with Gasteiger partial charge in [-0.05, 0) is 91.8 Å². The largest absolute Gasteiger partial charge is 0.493 e. The number of nitrogens with one attached hydrogen (secondary N) is 2. The summed E-state index contributed by atoms with van der Waals surface area (Å²) in [6.07, 6.45) is 4.19. The lowest BCUT2D eigenvalue weighted by molar-refractivity contribution is -0.125. The zero-order valence-electron chi connectivity index (χ0n) is 39.5. The molecule has 6 amide bonds. The molecule has 2 fully saturated rings. The lowest BCUT2D eigenvalue weighted by Gasteiger charge is -2.27. The van der Waals surface area contributed by atoms with Crippen molar-refractivity contribution in [2.45, 2.75) is 64.5 Å². The molecule has 0 spiro atoms. The molecule has 4 aliphatic rings. The SMILES string of the molecule is CCC1Cc2cc(OC)c(OC)cc2C(c2ccc(N3CCCC3=O)cc2)=NN1C(=O)NC.CCC1Cc2cc(OC)c(OC)cc2C(c2ccc(N3CCOCC3=O)cc2)=NN1C(=O)NC. The summed E-state index contributed by atoms with van der Waals surface area (Å²) in [5.74, 6) is 2.54. The average Bonchev–Trinajstić information content (AvgIpc) is 3.64. The van der Waals surface area contributed by atoms with Crippen LogP contribution < -0.4 is 39.4 Å². The van der Waals surface area contributed by atoms with E-state index in [9.17, 15) is 19.2 Å². The van der Waals surface area contributed by atoms with Crippen molar-refractivity contribution in [3.63, 3.8) is 0 Å². The number of morpholine rings is 1. The first kappa shape index (κ1) is 47.8. The zero-order valence-corrected chi connectivity index (χ0v) is 39.5. The van der Waals surface area contributed by atoms with Crippen LogP contribution in [0.3, 0.4) is 0 Å². The maximum atomic E-state index is 12.8. The van der Waals surface area contributed by atoms with Crippen LogP contribution in [0.25, 0.3) is 0 Å². The number of nitrogens with zero attached hydrogens (tertiary/aromatic N) is 6. The van der Waals surface area contributed by atoms with Gasteiger partial charge in [0.05, 0.1) is 58.6 Å². The van der Waals surface area contributed by atoms with Crippen molar-refractivity contribution in [3.05, 3.63) is 106 Å². The Morgan fingerprint density at radius 2 is 1.04 bits per heavy atom. The quantitative estimate of drug-likeness (QED) is 0.184. The highest BCUT2D eigenvalue weighted by Crippen LogP contribution is 2.37. The van der Waals surface area contributed by atoms with Crippen molar-refractivity contribution in [3.8, 4) is 23.0 Å². The second kappa shape index (κ2) is 21.4. The molecule has 354 valence electrons. The lowest BCUT2D eigenvalue weighted by atomic mass is 9.93. The molecular weight excluding hydrogens is 857 g/mol. The smallest absolute Gasteiger partial charge is 0.337 e. The molecule has 67 heavy (non-hydrogen) atoms. The first-order chi connectivity index (χ1) is 32.5. The number of hydrogen-bond acceptors (Lipinski definition) is 11. The number of urea groups is 2. The average molecular weight is 917 g/mol. The molecule has 0 aliphatic carbocycles. The van der Waals surface area contributed by atoms with Crippen LogP contribution in [-0.2, 0) is 27.2 Å². The van der Waals surface area contributed by atoms with Crippen LogP contribution in [0.15, 0.2) is 83.0 Å². The molecule has 4 heterocycles. The molecule has 2 saturated heterocycles. The van der Waals surface area contributed by atoms with Crippen LogP contribution in [0.5, 0.6) is 23.0 Å². The maximum Gasteiger partial charge on any atom is 0.337 e. The van der Waals surface area contributed by atoms with E-state index in [2.05, 4.69) is 10.6 Å². The molecule has 17 heteroatoms. The molecule has 2 N–H and O–H groups in total. The van der Waals surface area contributed by atoms with E-state index in [1.165, 1.54) is 10.0 Å². The predicted octanol–water partition coefficient (Wildman–Crippen LogP) is 6.35. The minimum Gasteiger partial charge on any atom is -0.493 e. The van der Waals surface area contributed by atoms with Crippen molar-refractivity contribution in [1.29, 1.82) is 0 Å². The van der Waals surface area contributed by atoms with E-state index < -0.39 is 0 Å². The maximum absolute atomic E-state index is 12.8. The highest BCUT2D eigenvalue weighted by Gasteiger charge is 2.32. The summed E-state index contributed by atoms with van der Waals surface area (Å²) < 4.78 is 27.4. The molecular formula is C50H60N8O9. The second-order valence-corrected chi connectivity index (χ2v) is 16.3. The van der Waals surface area contributed by atoms with Gasteiger partial charge in [0, 0.05) is 67.2 Å². The number of ether oxygens (including phenoxy) is 5. The highest BCUT2D eigenvalue weighted by atomic mass is 16.5. The normalized spacial score (nSPS) is 18.0. The second-order valence-electron chi connectivity index (χ2n) is 16.3. The van der Waals surface area contributed by atoms with E-state index in [0.29, 0.717) is 66.8 Å². The van der Waals surface area contributed by atoms with Crippen molar-refractivity contribution in [2.75, 3.05) is 78.6 Å². The summed E-state index contributed by atoms with van der Waals surface area (Å²) in [5, 5.41) is 18.1. The van der Waals surface area contributed by atoms with Gasteiger partial charge in [0.15, 0.2) is 23.0 Å². The van der Waals surface area contributed by atoms with Gasteiger partial charge in [0.2, 0.25) is 5.91 Å². The first-order valence-electron chi connectivity index (χ1n) is 22.6. The number of amides is 6. The van der Waals surface area contributed by atoms with Gasteiger partial charge in [0.1, 0.15) is 6.61 Å². The standard InChI is InChI=1S/C25H30N4O5.C25H30N4O4/c1-5-18-12-17-13-21(32-3)22(33-4)14-20(17)24(27-29(18)25(31)26-2)16-6-8-19(9-7-16)28-10-11-34-15-23(28)30;1-5-18-13-17-14-21(32-3)22(33-4)15-20(17)24(27-29(18)25(31)26-2)16-8-10-19(11-9-16)28-12-6-7-23(28)30/h6-9,13-14,18H,5,10-12,15H2,1-4H3,(H,26,31);8-11,14-15,18H,5-7,12-13H2,1-4H3,(H,26,31). The van der Waals surface area contributed by atoms with Crippen LogP contribution in [0.2, 0.25) is 0 Å². The number of carbonyl (C=O) groups is 4. The summed E-state index contributed by atoms with van der Waals surface area (Å²) in [5.41, 5.74) is 8.48. The number of fused-ring (bicyclic) bond motifs is 2. The molecule has 17 nitrogen and oxygen atoms in total. The number of benzene rings is 4. The van der Waals surface area contributed by atoms with E-state index in [4.69, 9.17) is 33.9 Å². The zero-order chi connectivity index (χ0) is 47.8. The molecule has 0 radical (unpaired) electrons. The number of carbonyl (C=O) groups excluding carboxylic acids is 4. The van der Waals surface area contributed by atoms with E-state index >= 15 is 0 Å². The highest BCUT2D eigenvalue weighted by molar-refractivity contribution is 6.15. The molecule has 2 unspecified atom stereocenters. The van der Waals surface area contributed by atoms with E-state index in [-0.39, 0.29) is 42.6 Å². The van der Waals surface area contributed by atoms with Gasteiger partial charge in [-0.15, -0.1) is 0 Å². The molecule has 4 aromatic rings. The summed E-state index contributed by atoms with van der Waals surface area (Å²) in [6, 6.07) is 22.4. The number of hydrazone groups is 2. The van der Waals surface area contributed by atoms with Crippen molar-refractivity contribution >= 4 is 46.7 Å². The minimum atomic E-state index is -0.272. The molecule has 2 atom stereocenters. The predicted molar refractivity (Wildman–Crippen MR) is 256 cm³/mol. The number of hydrogen-bond donors (Lipinski definition) is 2. The van der Waals surface area contributed by atoms with Crippen LogP contribution in [0.1, 0.15) is 72.9 Å². The molecule has 8 rings (SSSR count). The van der Waals surface area contributed by atoms with Gasteiger partial charge < -0.3 is 44.1 Å². The van der Waals surface area contributed by atoms with Crippen LogP contribution in [0.4, 0.5) is 21.0 Å². The van der Waals surface area contributed by atoms with Crippen molar-refractivity contribution in [1.82, 2.24) is 20.7 Å². The fourth-order valence-electron chi connectivity index (χ4n) is 8.81. The van der Waals surface area contributed by atoms with E-state index in [0.717, 1.165) is 70.6 Å². The van der Waals surface area contributed by atoms with Crippen LogP contribution in [0, 0.1) is 0 Å². The summed E-state index contributed by atoms with van der Waals surface area (Å²) in [6.45, 7) is 5.93. The van der Waals surface area contributed by atoms with E-state index in [1.807, 2.05) is 91.5 Å². The fourth-order valence-corrected chi connectivity index (χ4v) is 8.81. The Balaban J connectivity index is 0.000000199. The molecule has 0 saturated carbocycles. The third kappa shape index (κ3) is 10.0. The van der Waals surface area contributed by atoms with E-state index in [1.54, 1.807) is 47.4 Å². The fraction of sp³-hybridized carbons (Fsp3) is 0.400. The van der Waals surface area contributed by atoms with Gasteiger partial charge in [-0.2, -0.15) is 10.2 Å². The topological polar surface area (TPSA) is 176 Å². The number of methoxy groups -OCH3 is 4. The lowest BCUT2D eigenvalue weighted by Crippen LogP contribution is -2.42. The third-order valence-electron chi connectivity index (χ3n) is 12.5. The molecule has 4 aromatic carbocycles. The Hall–Kier alpha value is -7.14. The summed E-state index contributed by atoms with van der Waals surface area (Å²) in [7, 11) is 9.62. The Morgan fingerprint density at radius 1 is 0.627 bits per heavy atom. The summed E-state index contributed by atoms with van der Waals surface area (Å²) in [4.78, 5) is 53.4. The van der Waals surface area contributed by atoms with Crippen molar-refractivity contribution < 1.29 is 42.9 Å². The first-order valence-corrected chi connectivity index (χ1v) is 22.6. The van der Waals surface area contributed by atoms with Gasteiger partial charge in [0.25, 0.3) is 5.91 Å². The number of anilines is 2. The monoisotopic (exact) mass is 916 g/mol. The van der Waals surface area contributed by atoms with Gasteiger partial charge in [-0.1, -0.05) is 38.1 Å². The Kier molecular flexibility index (Phi) is 15.3. The third-order valence-corrected chi connectivity index (χ3v) is 12.5. The van der Waals surface area contributed by atoms with Gasteiger partial charge in [-0.3, -0.25) is 9.59 Å². The summed E-state index contributed by atoms with van der Waals surface area (Å²) >= 11 is 0. The minimum absolute atomic E-state index is 0.0652. The van der Waals surface area contributed by atoms with Crippen molar-refractivity contribution in [2.24, 2.45) is 10.2 Å². The van der Waals surface area contributed by atoms with Crippen LogP contribution in [-0.4, -0.2) is 126 Å². The van der Waals surface area contributed by atoms with Crippen LogP contribution >= 0.6 is 0 Å². The molecule has 4 aliphatic heterocycles. The Bertz CT molecular complexity index is 2530. The van der Waals surface area contributed by atoms with Gasteiger partial charge in [-0.25, -0.2) is 19.6 Å². The molecule has 0 bridgehead atoms. The molecule has 0 aromatic heterocycles. The van der Waals surface area contributed by atoms with Gasteiger partial charge >= 0.3 is 12.1 Å². The Morgan fingerprint density at radius 3 is 1.40 bits per heavy atom.